The first kappa shape index (κ1) is 14.5. The topological polar surface area (TPSA) is 88.9 Å². The first-order valence-corrected chi connectivity index (χ1v) is 4.95. The number of methoxy groups -OCH3 is 1. The molecular formula is C7H9N2NaO4S. The molecule has 0 atom stereocenters. The molecule has 0 aliphatic rings. The Morgan fingerprint density at radius 1 is 1.40 bits per heavy atom. The van der Waals surface area contributed by atoms with Crippen LogP contribution in [0.2, 0.25) is 0 Å². The molecular weight excluding hydrogens is 231 g/mol. The fourth-order valence-electron chi connectivity index (χ4n) is 0.843. The number of ether oxygens (including phenoxy) is 1. The molecule has 0 heterocycles. The van der Waals surface area contributed by atoms with Crippen molar-refractivity contribution in [2.24, 2.45) is 0 Å². The van der Waals surface area contributed by atoms with Crippen LogP contribution in [0.5, 0.6) is 5.75 Å². The molecule has 1 N–H and O–H groups in total. The van der Waals surface area contributed by atoms with Crippen LogP contribution in [-0.4, -0.2) is 24.2 Å². The summed E-state index contributed by atoms with van der Waals surface area (Å²) in [6.45, 7) is 0. The molecule has 78 valence electrons. The predicted octanol–water partition coefficient (Wildman–Crippen LogP) is -1.72. The van der Waals surface area contributed by atoms with Gasteiger partial charge in [-0.1, -0.05) is 0 Å². The zero-order valence-corrected chi connectivity index (χ0v) is 11.1. The third-order valence-corrected chi connectivity index (χ3v) is 2.16. The standard InChI is InChI=1S/C7H8N2O4S.Na.H/c1-13-7-4-2-6(3-5-7)9(8)14(10,11)12;;/h2-5H,1H3,(H,10,11,12);;/q;+1;-1. The molecule has 6 nitrogen and oxygen atoms in total. The van der Waals surface area contributed by atoms with E-state index in [0.29, 0.717) is 5.75 Å². The van der Waals surface area contributed by atoms with Gasteiger partial charge in [0.25, 0.3) is 0 Å². The maximum atomic E-state index is 10.5. The number of nitrogens with zero attached hydrogens (tertiary/aromatic N) is 2. The summed E-state index contributed by atoms with van der Waals surface area (Å²) in [5.74, 6) is 0.512. The molecule has 1 aromatic carbocycles. The van der Waals surface area contributed by atoms with Crippen LogP contribution in [0.1, 0.15) is 1.43 Å². The second-order valence-electron chi connectivity index (χ2n) is 2.42. The number of hydrogen-bond acceptors (Lipinski definition) is 3. The van der Waals surface area contributed by atoms with Gasteiger partial charge in [0.1, 0.15) is 5.75 Å². The van der Waals surface area contributed by atoms with Gasteiger partial charge in [0.2, 0.25) is 5.69 Å². The van der Waals surface area contributed by atoms with Crippen LogP contribution in [0.25, 0.3) is 5.53 Å². The van der Waals surface area contributed by atoms with Crippen LogP contribution < -0.4 is 34.3 Å². The first-order valence-electron chi connectivity index (χ1n) is 3.56. The van der Waals surface area contributed by atoms with Gasteiger partial charge in [-0.3, -0.25) is 0 Å². The van der Waals surface area contributed by atoms with E-state index in [1.54, 1.807) is 0 Å². The van der Waals surface area contributed by atoms with Crippen LogP contribution in [0, 0.1) is 0 Å². The molecule has 0 aliphatic heterocycles. The Morgan fingerprint density at radius 2 is 1.87 bits per heavy atom. The summed E-state index contributed by atoms with van der Waals surface area (Å²) in [6.07, 6.45) is 0. The van der Waals surface area contributed by atoms with Crippen LogP contribution in [0.3, 0.4) is 0 Å². The van der Waals surface area contributed by atoms with Crippen molar-refractivity contribution in [1.82, 2.24) is 0 Å². The third-order valence-electron chi connectivity index (χ3n) is 1.51. The molecule has 0 amide bonds. The summed E-state index contributed by atoms with van der Waals surface area (Å²) in [4.78, 5) is 0. The molecule has 8 heteroatoms. The van der Waals surface area contributed by atoms with Gasteiger partial charge >= 0.3 is 39.9 Å². The van der Waals surface area contributed by atoms with Crippen LogP contribution in [0.4, 0.5) is 5.69 Å². The van der Waals surface area contributed by atoms with E-state index in [2.05, 4.69) is 0 Å². The average molecular weight is 240 g/mol. The van der Waals surface area contributed by atoms with Crippen molar-refractivity contribution in [2.75, 3.05) is 7.11 Å². The van der Waals surface area contributed by atoms with Gasteiger partial charge in [0.15, 0.2) is 0 Å². The van der Waals surface area contributed by atoms with Gasteiger partial charge in [-0.05, 0) is 12.1 Å². The normalized spacial score (nSPS) is 10.3. The van der Waals surface area contributed by atoms with Gasteiger partial charge in [-0.2, -0.15) is 0 Å². The zero-order valence-electron chi connectivity index (χ0n) is 9.28. The molecule has 0 saturated heterocycles. The van der Waals surface area contributed by atoms with Gasteiger partial charge in [0, 0.05) is 12.1 Å². The van der Waals surface area contributed by atoms with Crippen molar-refractivity contribution in [3.63, 3.8) is 0 Å². The summed E-state index contributed by atoms with van der Waals surface area (Å²) < 4.78 is 34.0. The number of benzene rings is 1. The van der Waals surface area contributed by atoms with E-state index in [-0.39, 0.29) is 40.8 Å². The Kier molecular flexibility index (Phi) is 5.39. The van der Waals surface area contributed by atoms with Crippen molar-refractivity contribution >= 4 is 16.0 Å². The Balaban J connectivity index is 0. The van der Waals surface area contributed by atoms with Crippen molar-refractivity contribution in [2.45, 2.75) is 0 Å². The van der Waals surface area contributed by atoms with Gasteiger partial charge in [0.05, 0.1) is 7.11 Å². The largest absolute Gasteiger partial charge is 1.00 e. The summed E-state index contributed by atoms with van der Waals surface area (Å²) in [5.41, 5.74) is 8.90. The molecule has 0 aromatic heterocycles. The molecule has 0 saturated carbocycles. The monoisotopic (exact) mass is 240 g/mol. The Hall–Kier alpha value is -0.470. The van der Waals surface area contributed by atoms with E-state index in [1.165, 1.54) is 31.4 Å². The molecule has 1 aromatic rings. The van der Waals surface area contributed by atoms with E-state index < -0.39 is 10.3 Å². The summed E-state index contributed by atoms with van der Waals surface area (Å²) >= 11 is 0. The summed E-state index contributed by atoms with van der Waals surface area (Å²) in [5, 5.41) is 0. The van der Waals surface area contributed by atoms with Crippen LogP contribution >= 0.6 is 0 Å². The molecule has 0 bridgehead atoms. The Morgan fingerprint density at radius 3 is 2.20 bits per heavy atom. The summed E-state index contributed by atoms with van der Waals surface area (Å²) in [7, 11) is -3.17. The smallest absolute Gasteiger partial charge is 1.00 e. The average Bonchev–Trinajstić information content (AvgIpc) is 2.15. The number of hydrogen-bond donors (Lipinski definition) is 1. The van der Waals surface area contributed by atoms with E-state index in [1.807, 2.05) is 0 Å². The second-order valence-corrected chi connectivity index (χ2v) is 3.66. The fraction of sp³-hybridized carbons (Fsp3) is 0.143. The fourth-order valence-corrected chi connectivity index (χ4v) is 1.23. The van der Waals surface area contributed by atoms with Crippen LogP contribution in [0.15, 0.2) is 24.3 Å². The SMILES string of the molecule is COc1ccc([N+](=[N-])S(=O)(=O)O)cc1.[H-].[Na+]. The Bertz CT molecular complexity index is 448. The molecule has 0 fully saturated rings. The zero-order chi connectivity index (χ0) is 10.8. The van der Waals surface area contributed by atoms with Crippen molar-refractivity contribution in [1.29, 1.82) is 0 Å². The summed E-state index contributed by atoms with van der Waals surface area (Å²) in [6, 6.07) is 5.46. The minimum Gasteiger partial charge on any atom is -1.00 e. The van der Waals surface area contributed by atoms with E-state index in [0.717, 1.165) is 0 Å². The maximum Gasteiger partial charge on any atom is 1.00 e. The van der Waals surface area contributed by atoms with E-state index >= 15 is 0 Å². The van der Waals surface area contributed by atoms with Gasteiger partial charge < -0.3 is 11.7 Å². The molecule has 0 aliphatic carbocycles. The minimum atomic E-state index is -4.63. The predicted molar refractivity (Wildman–Crippen MR) is 48.9 cm³/mol. The van der Waals surface area contributed by atoms with Gasteiger partial charge in [-0.25, -0.2) is 4.55 Å². The molecule has 15 heavy (non-hydrogen) atoms. The quantitative estimate of drug-likeness (QED) is 0.294. The number of rotatable bonds is 3. The second kappa shape index (κ2) is 5.57. The van der Waals surface area contributed by atoms with Gasteiger partial charge in [-0.15, -0.1) is 12.5 Å². The maximum absolute atomic E-state index is 10.5. The van der Waals surface area contributed by atoms with Crippen molar-refractivity contribution < 1.29 is 52.8 Å². The van der Waals surface area contributed by atoms with E-state index in [9.17, 15) is 8.42 Å². The van der Waals surface area contributed by atoms with E-state index in [4.69, 9.17) is 14.8 Å². The molecule has 1 rings (SSSR count). The van der Waals surface area contributed by atoms with Crippen molar-refractivity contribution in [3.8, 4) is 5.75 Å². The molecule has 0 unspecified atom stereocenters. The Labute approximate surface area is 111 Å². The van der Waals surface area contributed by atoms with Crippen molar-refractivity contribution in [3.05, 3.63) is 29.8 Å². The third kappa shape index (κ3) is 3.88. The first-order chi connectivity index (χ1) is 6.45. The van der Waals surface area contributed by atoms with Crippen LogP contribution in [-0.2, 0) is 10.3 Å². The molecule has 0 radical (unpaired) electrons. The molecule has 0 spiro atoms. The minimum absolute atomic E-state index is 0.